The third-order valence-corrected chi connectivity index (χ3v) is 1.34. The highest BCUT2D eigenvalue weighted by atomic mass is 19.3. The molecule has 0 amide bonds. The van der Waals surface area contributed by atoms with Gasteiger partial charge in [0, 0.05) is 7.11 Å². The Morgan fingerprint density at radius 1 is 1.36 bits per heavy atom. The van der Waals surface area contributed by atoms with Gasteiger partial charge in [0.25, 0.3) is 0 Å². The molecular formula is C8H12F2O4. The highest BCUT2D eigenvalue weighted by Crippen LogP contribution is 2.17. The van der Waals surface area contributed by atoms with Crippen LogP contribution in [0, 0.1) is 0 Å². The maximum atomic E-state index is 12.7. The fourth-order valence-electron chi connectivity index (χ4n) is 0.734. The number of ether oxygens (including phenoxy) is 2. The van der Waals surface area contributed by atoms with Crippen LogP contribution in [-0.4, -0.2) is 38.0 Å². The van der Waals surface area contributed by atoms with Crippen molar-refractivity contribution in [1.29, 1.82) is 0 Å². The molecule has 0 aliphatic heterocycles. The van der Waals surface area contributed by atoms with Crippen molar-refractivity contribution in [3.05, 3.63) is 0 Å². The minimum atomic E-state index is -3.62. The van der Waals surface area contributed by atoms with Crippen LogP contribution in [0.4, 0.5) is 8.78 Å². The smallest absolute Gasteiger partial charge is 0.328 e. The second-order valence-electron chi connectivity index (χ2n) is 2.54. The van der Waals surface area contributed by atoms with Crippen LogP contribution in [0.1, 0.15) is 13.3 Å². The molecular weight excluding hydrogens is 198 g/mol. The van der Waals surface area contributed by atoms with Crippen molar-refractivity contribution >= 4 is 11.8 Å². The van der Waals surface area contributed by atoms with Crippen LogP contribution in [0.15, 0.2) is 0 Å². The van der Waals surface area contributed by atoms with Crippen LogP contribution >= 0.6 is 0 Å². The molecule has 82 valence electrons. The van der Waals surface area contributed by atoms with Crippen molar-refractivity contribution in [3.63, 3.8) is 0 Å². The molecule has 0 atom stereocenters. The van der Waals surface area contributed by atoms with Gasteiger partial charge < -0.3 is 9.47 Å². The van der Waals surface area contributed by atoms with E-state index in [-0.39, 0.29) is 6.61 Å². The van der Waals surface area contributed by atoms with Crippen LogP contribution in [0.5, 0.6) is 0 Å². The van der Waals surface area contributed by atoms with Gasteiger partial charge in [-0.05, 0) is 6.92 Å². The molecule has 0 spiro atoms. The molecule has 0 aliphatic carbocycles. The molecule has 0 unspecified atom stereocenters. The van der Waals surface area contributed by atoms with E-state index in [1.807, 2.05) is 0 Å². The van der Waals surface area contributed by atoms with Gasteiger partial charge >= 0.3 is 11.9 Å². The minimum Gasteiger partial charge on any atom is -0.466 e. The van der Waals surface area contributed by atoms with Gasteiger partial charge in [0.2, 0.25) is 5.78 Å². The first kappa shape index (κ1) is 13.0. The summed E-state index contributed by atoms with van der Waals surface area (Å²) in [6, 6.07) is 0. The summed E-state index contributed by atoms with van der Waals surface area (Å²) in [6.07, 6.45) is -0.926. The lowest BCUT2D eigenvalue weighted by Gasteiger charge is -2.12. The summed E-state index contributed by atoms with van der Waals surface area (Å²) in [5.41, 5.74) is 0. The number of ketones is 1. The van der Waals surface area contributed by atoms with Gasteiger partial charge in [0.05, 0.1) is 6.61 Å². The number of Topliss-reactive ketones (excluding diaryl/α,β-unsaturated/α-hetero) is 1. The summed E-state index contributed by atoms with van der Waals surface area (Å²) in [7, 11) is 1.05. The lowest BCUT2D eigenvalue weighted by atomic mass is 10.2. The Bertz CT molecular complexity index is 215. The van der Waals surface area contributed by atoms with E-state index >= 15 is 0 Å². The molecule has 0 heterocycles. The first-order valence-electron chi connectivity index (χ1n) is 3.99. The van der Waals surface area contributed by atoms with Gasteiger partial charge in [-0.3, -0.25) is 9.59 Å². The maximum absolute atomic E-state index is 12.7. The molecule has 0 radical (unpaired) electrons. The van der Waals surface area contributed by atoms with Crippen LogP contribution < -0.4 is 0 Å². The molecule has 0 aliphatic rings. The van der Waals surface area contributed by atoms with Gasteiger partial charge in [-0.2, -0.15) is 8.78 Å². The largest absolute Gasteiger partial charge is 0.466 e. The lowest BCUT2D eigenvalue weighted by molar-refractivity contribution is -0.158. The van der Waals surface area contributed by atoms with Crippen molar-refractivity contribution in [2.75, 3.05) is 20.3 Å². The number of rotatable bonds is 6. The van der Waals surface area contributed by atoms with Gasteiger partial charge in [-0.25, -0.2) is 0 Å². The average molecular weight is 210 g/mol. The molecule has 0 aromatic rings. The van der Waals surface area contributed by atoms with Crippen molar-refractivity contribution in [2.24, 2.45) is 0 Å². The lowest BCUT2D eigenvalue weighted by Crippen LogP contribution is -2.35. The highest BCUT2D eigenvalue weighted by molar-refractivity contribution is 5.99. The van der Waals surface area contributed by atoms with Crippen molar-refractivity contribution in [2.45, 2.75) is 19.3 Å². The molecule has 0 aromatic heterocycles. The van der Waals surface area contributed by atoms with E-state index in [1.54, 1.807) is 0 Å². The molecule has 0 aromatic carbocycles. The molecule has 4 nitrogen and oxygen atoms in total. The third kappa shape index (κ3) is 4.27. The zero-order valence-electron chi connectivity index (χ0n) is 8.01. The van der Waals surface area contributed by atoms with E-state index in [1.165, 1.54) is 6.92 Å². The van der Waals surface area contributed by atoms with Crippen LogP contribution in [0.25, 0.3) is 0 Å². The van der Waals surface area contributed by atoms with Crippen molar-refractivity contribution < 1.29 is 27.8 Å². The standard InChI is InChI=1S/C8H12F2O4/c1-3-14-7(12)4-6(11)8(9,10)5-13-2/h3-5H2,1-2H3. The fourth-order valence-corrected chi connectivity index (χ4v) is 0.734. The second-order valence-corrected chi connectivity index (χ2v) is 2.54. The van der Waals surface area contributed by atoms with Gasteiger partial charge in [-0.15, -0.1) is 0 Å². The molecule has 0 rings (SSSR count). The van der Waals surface area contributed by atoms with E-state index in [9.17, 15) is 18.4 Å². The first-order valence-corrected chi connectivity index (χ1v) is 3.99. The van der Waals surface area contributed by atoms with E-state index in [0.29, 0.717) is 0 Å². The Morgan fingerprint density at radius 2 is 1.93 bits per heavy atom. The number of methoxy groups -OCH3 is 1. The highest BCUT2D eigenvalue weighted by Gasteiger charge is 2.39. The average Bonchev–Trinajstić information content (AvgIpc) is 2.04. The fraction of sp³-hybridized carbons (Fsp3) is 0.750. The van der Waals surface area contributed by atoms with E-state index in [4.69, 9.17) is 0 Å². The first-order chi connectivity index (χ1) is 6.44. The van der Waals surface area contributed by atoms with Crippen LogP contribution in [0.2, 0.25) is 0 Å². The summed E-state index contributed by atoms with van der Waals surface area (Å²) >= 11 is 0. The SMILES string of the molecule is CCOC(=O)CC(=O)C(F)(F)COC. The predicted octanol–water partition coefficient (Wildman–Crippen LogP) is 0.790. The normalized spacial score (nSPS) is 11.1. The van der Waals surface area contributed by atoms with E-state index in [0.717, 1.165) is 7.11 Å². The zero-order chi connectivity index (χ0) is 11.2. The zero-order valence-corrected chi connectivity index (χ0v) is 8.01. The van der Waals surface area contributed by atoms with Crippen LogP contribution in [0.3, 0.4) is 0 Å². The predicted molar refractivity (Wildman–Crippen MR) is 43.1 cm³/mol. The van der Waals surface area contributed by atoms with Crippen LogP contribution in [-0.2, 0) is 19.1 Å². The maximum Gasteiger partial charge on any atom is 0.328 e. The van der Waals surface area contributed by atoms with Gasteiger partial charge in [0.15, 0.2) is 0 Å². The number of hydrogen-bond donors (Lipinski definition) is 0. The number of carbonyl (C=O) groups is 2. The second kappa shape index (κ2) is 5.64. The molecule has 14 heavy (non-hydrogen) atoms. The Labute approximate surface area is 80.2 Å². The Hall–Kier alpha value is -1.04. The topological polar surface area (TPSA) is 52.6 Å². The van der Waals surface area contributed by atoms with Crippen molar-refractivity contribution in [3.8, 4) is 0 Å². The number of halogens is 2. The number of hydrogen-bond acceptors (Lipinski definition) is 4. The van der Waals surface area contributed by atoms with Gasteiger partial charge in [-0.1, -0.05) is 0 Å². The molecule has 0 saturated heterocycles. The summed E-state index contributed by atoms with van der Waals surface area (Å²) in [5, 5.41) is 0. The quantitative estimate of drug-likeness (QED) is 0.480. The third-order valence-electron chi connectivity index (χ3n) is 1.34. The Morgan fingerprint density at radius 3 is 2.36 bits per heavy atom. The summed E-state index contributed by atoms with van der Waals surface area (Å²) < 4.78 is 34.0. The molecule has 0 bridgehead atoms. The molecule has 6 heteroatoms. The monoisotopic (exact) mass is 210 g/mol. The number of alkyl halides is 2. The van der Waals surface area contributed by atoms with Crippen molar-refractivity contribution in [1.82, 2.24) is 0 Å². The Balaban J connectivity index is 4.12. The molecule has 0 fully saturated rings. The number of carbonyl (C=O) groups excluding carboxylic acids is 2. The van der Waals surface area contributed by atoms with E-state index in [2.05, 4.69) is 9.47 Å². The molecule has 0 saturated carbocycles. The minimum absolute atomic E-state index is 0.0575. The summed E-state index contributed by atoms with van der Waals surface area (Å²) in [4.78, 5) is 21.5. The summed E-state index contributed by atoms with van der Waals surface area (Å²) in [5.74, 6) is -6.06. The molecule has 0 N–H and O–H groups in total. The van der Waals surface area contributed by atoms with E-state index < -0.39 is 30.7 Å². The number of esters is 1. The van der Waals surface area contributed by atoms with Gasteiger partial charge in [0.1, 0.15) is 13.0 Å². The Kier molecular flexibility index (Phi) is 5.22. The summed E-state index contributed by atoms with van der Waals surface area (Å²) in [6.45, 7) is 0.558.